The van der Waals surface area contributed by atoms with Crippen LogP contribution in [-0.4, -0.2) is 15.0 Å². The number of pyridine rings is 3. The van der Waals surface area contributed by atoms with Gasteiger partial charge in [-0.1, -0.05) is 119 Å². The number of aromatic nitrogens is 3. The van der Waals surface area contributed by atoms with Crippen molar-refractivity contribution in [2.75, 3.05) is 0 Å². The van der Waals surface area contributed by atoms with Gasteiger partial charge >= 0.3 is 0 Å². The maximum absolute atomic E-state index is 9.25. The zero-order chi connectivity index (χ0) is 53.3. The van der Waals surface area contributed by atoms with Gasteiger partial charge in [0.2, 0.25) is 5.71 Å². The molecule has 1 aliphatic rings. The van der Waals surface area contributed by atoms with Crippen molar-refractivity contribution in [2.45, 2.75) is 99.0 Å². The van der Waals surface area contributed by atoms with Gasteiger partial charge in [0.1, 0.15) is 0 Å². The van der Waals surface area contributed by atoms with Crippen LogP contribution in [-0.2, 0) is 25.5 Å². The van der Waals surface area contributed by atoms with E-state index >= 15 is 0 Å². The van der Waals surface area contributed by atoms with Gasteiger partial charge in [0.25, 0.3) is 0 Å². The average molecular weight is 980 g/mol. The fraction of sp³-hybridized carbons (Fsp3) is 0.291. The second-order valence-corrected chi connectivity index (χ2v) is 17.0. The monoisotopic (exact) mass is 980 g/mol. The first kappa shape index (κ1) is 28.3. The van der Waals surface area contributed by atoms with Gasteiger partial charge in [-0.3, -0.25) is 0 Å². The van der Waals surface area contributed by atoms with Crippen molar-refractivity contribution in [1.82, 2.24) is 15.0 Å². The predicted octanol–water partition coefficient (Wildman–Crippen LogP) is 14.9. The average Bonchev–Trinajstić information content (AvgIpc) is 3.69. The molecule has 1 saturated carbocycles. The van der Waals surface area contributed by atoms with Crippen molar-refractivity contribution in [3.63, 3.8) is 0 Å². The number of furan rings is 1. The quantitative estimate of drug-likeness (QED) is 0.161. The van der Waals surface area contributed by atoms with Crippen LogP contribution in [0, 0.1) is 45.0 Å². The molecule has 307 valence electrons. The Balaban J connectivity index is 0.000000251. The molecule has 0 atom stereocenters. The molecule has 1 fully saturated rings. The Hall–Kier alpha value is -5.22. The molecule has 0 aliphatic heterocycles. The molecule has 8 aromatic rings. The van der Waals surface area contributed by atoms with E-state index < -0.39 is 33.3 Å². The van der Waals surface area contributed by atoms with Crippen LogP contribution < -0.4 is 0 Å². The van der Waals surface area contributed by atoms with Gasteiger partial charge in [-0.05, 0) is 131 Å². The number of nitrogens with zero attached hydrogens (tertiary/aromatic N) is 3. The van der Waals surface area contributed by atoms with Crippen LogP contribution in [0.4, 0.5) is 0 Å². The number of benzene rings is 4. The summed E-state index contributed by atoms with van der Waals surface area (Å²) in [6.45, 7) is 0.693. The molecule has 0 saturated heterocycles. The minimum absolute atomic E-state index is 0. The standard InChI is InChI=1S/C33H33N2O.C22H22N.Ir/c1-20-17-24(23-13-15-33(4,5)16-14-23)10-12-25(20)29-18-30(34-19-21(29)2)28-8-6-7-26-27-11-9-22(3)35-32(27)36-31(26)28;1-16-10-11-18(14-20(16)17-8-6-5-7-9-17)21-15-19(12-13-23-21)22(2,3)4;/h6-7,9-12,17-19,23H,13-16H2,1-5H3;5-10,12-15H,1-4H3;/q2*-1;/i1D3,2D3,3D3,12D,23D;1D3;. The summed E-state index contributed by atoms with van der Waals surface area (Å²) < 4.78 is 121. The Morgan fingerprint density at radius 1 is 0.783 bits per heavy atom. The molecule has 0 N–H and O–H groups in total. The van der Waals surface area contributed by atoms with Crippen molar-refractivity contribution in [2.24, 2.45) is 5.41 Å². The predicted molar refractivity (Wildman–Crippen MR) is 246 cm³/mol. The molecule has 9 rings (SSSR count). The molecule has 0 unspecified atom stereocenters. The first-order chi connectivity index (χ1) is 33.8. The molecule has 0 amide bonds. The van der Waals surface area contributed by atoms with E-state index in [0.29, 0.717) is 45.9 Å². The van der Waals surface area contributed by atoms with Crippen LogP contribution in [0.2, 0.25) is 0 Å². The number of rotatable bonds is 5. The zero-order valence-electron chi connectivity index (χ0n) is 48.3. The topological polar surface area (TPSA) is 51.8 Å². The Morgan fingerprint density at radius 2 is 1.58 bits per heavy atom. The van der Waals surface area contributed by atoms with Gasteiger partial charge in [0.15, 0.2) is 0 Å². The Labute approximate surface area is 390 Å². The normalized spacial score (nSPS) is 18.9. The van der Waals surface area contributed by atoms with E-state index in [1.54, 1.807) is 30.5 Å². The van der Waals surface area contributed by atoms with Crippen molar-refractivity contribution in [3.8, 4) is 44.8 Å². The fourth-order valence-electron chi connectivity index (χ4n) is 7.59. The Bertz CT molecular complexity index is 3340. The third-order valence-electron chi connectivity index (χ3n) is 11.2. The fourth-order valence-corrected chi connectivity index (χ4v) is 7.59. The minimum Gasteiger partial charge on any atom is -0.486 e. The van der Waals surface area contributed by atoms with Crippen molar-refractivity contribution in [1.29, 1.82) is 0 Å². The van der Waals surface area contributed by atoms with Gasteiger partial charge < -0.3 is 14.4 Å². The molecule has 4 aromatic heterocycles. The first-order valence-corrected chi connectivity index (χ1v) is 19.8. The van der Waals surface area contributed by atoms with Gasteiger partial charge in [-0.25, -0.2) is 4.98 Å². The van der Waals surface area contributed by atoms with E-state index in [9.17, 15) is 1.37 Å². The number of fused-ring (bicyclic) bond motifs is 3. The van der Waals surface area contributed by atoms with E-state index in [1.807, 2.05) is 42.5 Å². The van der Waals surface area contributed by atoms with Gasteiger partial charge in [-0.2, -0.15) is 0 Å². The van der Waals surface area contributed by atoms with E-state index in [2.05, 4.69) is 67.8 Å². The summed E-state index contributed by atoms with van der Waals surface area (Å²) in [5, 5.41) is 1.17. The largest absolute Gasteiger partial charge is 0.486 e. The summed E-state index contributed by atoms with van der Waals surface area (Å²) in [5.41, 5.74) is 5.45. The van der Waals surface area contributed by atoms with Crippen molar-refractivity contribution >= 4 is 22.1 Å². The van der Waals surface area contributed by atoms with Crippen LogP contribution in [0.5, 0.6) is 0 Å². The summed E-state index contributed by atoms with van der Waals surface area (Å²) in [4.78, 5) is 13.1. The molecule has 60 heavy (non-hydrogen) atoms. The zero-order valence-corrected chi connectivity index (χ0v) is 36.7. The summed E-state index contributed by atoms with van der Waals surface area (Å²) in [6.07, 6.45) is 5.54. The summed E-state index contributed by atoms with van der Waals surface area (Å²) in [5.74, 6) is -1.07. The SMILES string of the molecule is [2H]C([2H])([2H])c1c[c-]c(-c2cc(C(C)(C)C)ccn2)cc1-c1ccccc1.[2H]c1cc(C2([2H])CCC(C)(C)CC2)cc(C([2H])([2H])[2H])c1-c1cc(-c2[c-]ccc3c2oc2nc(C([2H])([2H])[2H])ccc23)ncc1C([2H])([2H])[2H].[Ir]. The van der Waals surface area contributed by atoms with Crippen LogP contribution >= 0.6 is 0 Å². The minimum atomic E-state index is -2.72. The number of hydrogen-bond acceptors (Lipinski definition) is 4. The summed E-state index contributed by atoms with van der Waals surface area (Å²) >= 11 is 0. The second kappa shape index (κ2) is 17.4. The Morgan fingerprint density at radius 3 is 2.33 bits per heavy atom. The van der Waals surface area contributed by atoms with Gasteiger partial charge in [-0.15, -0.1) is 47.5 Å². The van der Waals surface area contributed by atoms with Crippen LogP contribution in [0.3, 0.4) is 0 Å². The van der Waals surface area contributed by atoms with Crippen molar-refractivity contribution < 1.29 is 43.7 Å². The van der Waals surface area contributed by atoms with Crippen LogP contribution in [0.25, 0.3) is 66.8 Å². The molecule has 1 radical (unpaired) electrons. The van der Waals surface area contributed by atoms with Crippen molar-refractivity contribution in [3.05, 3.63) is 161 Å². The molecule has 5 heteroatoms. The van der Waals surface area contributed by atoms with E-state index in [-0.39, 0.29) is 81.9 Å². The molecule has 4 nitrogen and oxygen atoms in total. The third kappa shape index (κ3) is 9.09. The summed E-state index contributed by atoms with van der Waals surface area (Å²) in [6, 6.07) is 33.9. The smallest absolute Gasteiger partial charge is 0.216 e. The van der Waals surface area contributed by atoms with E-state index in [0.717, 1.165) is 35.9 Å². The Kier molecular flexibility index (Phi) is 8.22. The molecular formula is C55H55IrN3O-2. The van der Waals surface area contributed by atoms with Gasteiger partial charge in [0.05, 0.1) is 6.95 Å². The number of aryl methyl sites for hydroxylation is 4. The first-order valence-electron chi connectivity index (χ1n) is 26.8. The maximum atomic E-state index is 9.25. The molecule has 4 heterocycles. The molecule has 4 aromatic carbocycles. The van der Waals surface area contributed by atoms with Crippen LogP contribution in [0.15, 0.2) is 120 Å². The number of hydrogen-bond donors (Lipinski definition) is 0. The molecule has 0 spiro atoms. The second-order valence-electron chi connectivity index (χ2n) is 17.0. The molecular weight excluding hydrogens is 911 g/mol. The van der Waals surface area contributed by atoms with E-state index in [1.165, 1.54) is 29.8 Å². The van der Waals surface area contributed by atoms with Gasteiger partial charge in [0, 0.05) is 61.4 Å². The molecule has 0 bridgehead atoms. The third-order valence-corrected chi connectivity index (χ3v) is 11.2. The van der Waals surface area contributed by atoms with Crippen LogP contribution in [0.1, 0.15) is 119 Å². The summed E-state index contributed by atoms with van der Waals surface area (Å²) in [7, 11) is 0. The molecule has 1 aliphatic carbocycles. The maximum Gasteiger partial charge on any atom is 0.216 e. The van der Waals surface area contributed by atoms with E-state index in [4.69, 9.17) is 22.2 Å².